The maximum Gasteiger partial charge on any atom is 0.416 e. The van der Waals surface area contributed by atoms with Gasteiger partial charge in [0.1, 0.15) is 11.5 Å². The van der Waals surface area contributed by atoms with Crippen molar-refractivity contribution in [2.24, 2.45) is 0 Å². The molecule has 2 rings (SSSR count). The number of hydrogen-bond donors (Lipinski definition) is 3. The molecule has 0 saturated heterocycles. The number of hydrogen-bond acceptors (Lipinski definition) is 4. The molecule has 0 spiro atoms. The Morgan fingerprint density at radius 2 is 1.80 bits per heavy atom. The lowest BCUT2D eigenvalue weighted by Gasteiger charge is -2.29. The third kappa shape index (κ3) is 4.24. The van der Waals surface area contributed by atoms with Crippen molar-refractivity contribution in [2.45, 2.75) is 25.6 Å². The Labute approximate surface area is 140 Å². The molecule has 0 aliphatic heterocycles. The van der Waals surface area contributed by atoms with Gasteiger partial charge in [-0.1, -0.05) is 12.1 Å². The van der Waals surface area contributed by atoms with E-state index < -0.39 is 35.4 Å². The number of carbonyl (C=O) groups excluding carboxylic acids is 1. The SMILES string of the molecule is Cc1nc(C(=O)NC(C)(CO)c2ccc(C(F)(F)F)cc2)cc(=O)[nH]1. The second-order valence-corrected chi connectivity index (χ2v) is 5.74. The second kappa shape index (κ2) is 6.67. The Kier molecular flexibility index (Phi) is 4.98. The largest absolute Gasteiger partial charge is 0.416 e. The normalized spacial score (nSPS) is 14.0. The molecule has 1 heterocycles. The van der Waals surface area contributed by atoms with E-state index in [-0.39, 0.29) is 17.1 Å². The Hall–Kier alpha value is -2.68. The molecule has 0 bridgehead atoms. The van der Waals surface area contributed by atoms with Gasteiger partial charge in [-0.25, -0.2) is 4.98 Å². The third-order valence-corrected chi connectivity index (χ3v) is 3.65. The van der Waals surface area contributed by atoms with Crippen molar-refractivity contribution in [3.05, 3.63) is 63.3 Å². The van der Waals surface area contributed by atoms with Gasteiger partial charge >= 0.3 is 6.18 Å². The smallest absolute Gasteiger partial charge is 0.394 e. The molecule has 0 aliphatic carbocycles. The van der Waals surface area contributed by atoms with E-state index in [4.69, 9.17) is 0 Å². The number of rotatable bonds is 4. The number of aliphatic hydroxyl groups excluding tert-OH is 1. The lowest BCUT2D eigenvalue weighted by atomic mass is 9.91. The first-order chi connectivity index (χ1) is 11.5. The van der Waals surface area contributed by atoms with Crippen LogP contribution in [0.3, 0.4) is 0 Å². The van der Waals surface area contributed by atoms with Gasteiger partial charge in [0.2, 0.25) is 0 Å². The van der Waals surface area contributed by atoms with Crippen LogP contribution in [0.5, 0.6) is 0 Å². The third-order valence-electron chi connectivity index (χ3n) is 3.65. The first-order valence-corrected chi connectivity index (χ1v) is 7.24. The zero-order chi connectivity index (χ0) is 18.8. The molecular weight excluding hydrogens is 339 g/mol. The standard InChI is InChI=1S/C16H16F3N3O3/c1-9-20-12(7-13(24)21-9)14(25)22-15(2,8-23)10-3-5-11(6-4-10)16(17,18)19/h3-7,23H,8H2,1-2H3,(H,22,25)(H,20,21,24). The van der Waals surface area contributed by atoms with Crippen molar-refractivity contribution in [1.29, 1.82) is 0 Å². The van der Waals surface area contributed by atoms with Crippen molar-refractivity contribution in [3.8, 4) is 0 Å². The van der Waals surface area contributed by atoms with Crippen LogP contribution in [0, 0.1) is 6.92 Å². The molecular formula is C16H16F3N3O3. The van der Waals surface area contributed by atoms with Gasteiger partial charge in [0.25, 0.3) is 11.5 Å². The minimum atomic E-state index is -4.48. The summed E-state index contributed by atoms with van der Waals surface area (Å²) in [6.07, 6.45) is -4.48. The van der Waals surface area contributed by atoms with Crippen LogP contribution in [-0.2, 0) is 11.7 Å². The Balaban J connectivity index is 2.30. The topological polar surface area (TPSA) is 95.1 Å². The van der Waals surface area contributed by atoms with E-state index in [1.807, 2.05) is 0 Å². The number of aryl methyl sites for hydroxylation is 1. The van der Waals surface area contributed by atoms with Crippen LogP contribution in [0.25, 0.3) is 0 Å². The molecule has 1 amide bonds. The molecule has 9 heteroatoms. The highest BCUT2D eigenvalue weighted by Gasteiger charge is 2.33. The van der Waals surface area contributed by atoms with Crippen molar-refractivity contribution < 1.29 is 23.1 Å². The summed E-state index contributed by atoms with van der Waals surface area (Å²) in [5.41, 5.74) is -2.59. The number of benzene rings is 1. The molecule has 1 aromatic carbocycles. The number of halogens is 3. The molecule has 0 radical (unpaired) electrons. The predicted octanol–water partition coefficient (Wildman–Crippen LogP) is 1.73. The zero-order valence-corrected chi connectivity index (χ0v) is 13.4. The van der Waals surface area contributed by atoms with Crippen molar-refractivity contribution in [2.75, 3.05) is 6.61 Å². The van der Waals surface area contributed by atoms with Crippen LogP contribution in [0.2, 0.25) is 0 Å². The number of nitrogens with zero attached hydrogens (tertiary/aromatic N) is 1. The average molecular weight is 355 g/mol. The molecule has 3 N–H and O–H groups in total. The van der Waals surface area contributed by atoms with Gasteiger partial charge in [-0.3, -0.25) is 9.59 Å². The molecule has 1 aromatic heterocycles. The lowest BCUT2D eigenvalue weighted by molar-refractivity contribution is -0.137. The van der Waals surface area contributed by atoms with Gasteiger partial charge in [-0.2, -0.15) is 13.2 Å². The maximum absolute atomic E-state index is 12.6. The fourth-order valence-electron chi connectivity index (χ4n) is 2.24. The van der Waals surface area contributed by atoms with Gasteiger partial charge < -0.3 is 15.4 Å². The van der Waals surface area contributed by atoms with E-state index in [0.29, 0.717) is 0 Å². The summed E-state index contributed by atoms with van der Waals surface area (Å²) in [4.78, 5) is 30.0. The van der Waals surface area contributed by atoms with E-state index in [1.54, 1.807) is 0 Å². The number of nitrogens with one attached hydrogen (secondary N) is 2. The number of H-pyrrole nitrogens is 1. The summed E-state index contributed by atoms with van der Waals surface area (Å²) in [5.74, 6) is -0.497. The number of alkyl halides is 3. The highest BCUT2D eigenvalue weighted by molar-refractivity contribution is 5.92. The summed E-state index contributed by atoms with van der Waals surface area (Å²) in [6, 6.07) is 5.08. The van der Waals surface area contributed by atoms with Crippen LogP contribution in [-0.4, -0.2) is 27.6 Å². The quantitative estimate of drug-likeness (QED) is 0.778. The van der Waals surface area contributed by atoms with Gasteiger partial charge in [0, 0.05) is 6.07 Å². The highest BCUT2D eigenvalue weighted by atomic mass is 19.4. The summed E-state index contributed by atoms with van der Waals surface area (Å²) in [7, 11) is 0. The second-order valence-electron chi connectivity index (χ2n) is 5.74. The fourth-order valence-corrected chi connectivity index (χ4v) is 2.24. The first-order valence-electron chi connectivity index (χ1n) is 7.24. The summed E-state index contributed by atoms with van der Waals surface area (Å²) < 4.78 is 37.9. The zero-order valence-electron chi connectivity index (χ0n) is 13.4. The Morgan fingerprint density at radius 1 is 1.24 bits per heavy atom. The number of carbonyl (C=O) groups is 1. The molecule has 134 valence electrons. The van der Waals surface area contributed by atoms with Gasteiger partial charge in [-0.05, 0) is 31.5 Å². The Morgan fingerprint density at radius 3 is 2.28 bits per heavy atom. The lowest BCUT2D eigenvalue weighted by Crippen LogP contribution is -2.46. The molecule has 0 aliphatic rings. The molecule has 0 fully saturated rings. The summed E-state index contributed by atoms with van der Waals surface area (Å²) in [6.45, 7) is 2.39. The minimum absolute atomic E-state index is 0.159. The van der Waals surface area contributed by atoms with E-state index in [0.717, 1.165) is 18.2 Å². The first kappa shape index (κ1) is 18.7. The van der Waals surface area contributed by atoms with Crippen molar-refractivity contribution in [1.82, 2.24) is 15.3 Å². The predicted molar refractivity (Wildman–Crippen MR) is 82.9 cm³/mol. The van der Waals surface area contributed by atoms with E-state index in [2.05, 4.69) is 15.3 Å². The van der Waals surface area contributed by atoms with E-state index >= 15 is 0 Å². The average Bonchev–Trinajstić information content (AvgIpc) is 2.53. The minimum Gasteiger partial charge on any atom is -0.394 e. The molecule has 25 heavy (non-hydrogen) atoms. The van der Waals surface area contributed by atoms with Crippen LogP contribution in [0.15, 0.2) is 35.1 Å². The molecule has 1 atom stereocenters. The monoisotopic (exact) mass is 355 g/mol. The number of aliphatic hydroxyl groups is 1. The Bertz CT molecular complexity index is 831. The maximum atomic E-state index is 12.6. The van der Waals surface area contributed by atoms with Gasteiger partial charge in [0.15, 0.2) is 0 Å². The summed E-state index contributed by atoms with van der Waals surface area (Å²) in [5, 5.41) is 12.2. The van der Waals surface area contributed by atoms with Crippen LogP contribution >= 0.6 is 0 Å². The van der Waals surface area contributed by atoms with Crippen molar-refractivity contribution >= 4 is 5.91 Å². The summed E-state index contributed by atoms with van der Waals surface area (Å²) >= 11 is 0. The van der Waals surface area contributed by atoms with E-state index in [9.17, 15) is 27.9 Å². The van der Waals surface area contributed by atoms with Crippen LogP contribution < -0.4 is 10.9 Å². The number of aromatic nitrogens is 2. The highest BCUT2D eigenvalue weighted by Crippen LogP contribution is 2.31. The van der Waals surface area contributed by atoms with Crippen LogP contribution in [0.1, 0.15) is 34.4 Å². The van der Waals surface area contributed by atoms with Gasteiger partial charge in [0.05, 0.1) is 17.7 Å². The number of aromatic amines is 1. The fraction of sp³-hybridized carbons (Fsp3) is 0.312. The number of amides is 1. The molecule has 1 unspecified atom stereocenters. The molecule has 2 aromatic rings. The van der Waals surface area contributed by atoms with Gasteiger partial charge in [-0.15, -0.1) is 0 Å². The van der Waals surface area contributed by atoms with Crippen molar-refractivity contribution in [3.63, 3.8) is 0 Å². The van der Waals surface area contributed by atoms with Crippen LogP contribution in [0.4, 0.5) is 13.2 Å². The van der Waals surface area contributed by atoms with E-state index in [1.165, 1.54) is 26.0 Å². The molecule has 6 nitrogen and oxygen atoms in total. The molecule has 0 saturated carbocycles.